The van der Waals surface area contributed by atoms with Crippen LogP contribution in [0.2, 0.25) is 0 Å². The van der Waals surface area contributed by atoms with Gasteiger partial charge in [-0.05, 0) is 46.5 Å². The van der Waals surface area contributed by atoms with Crippen LogP contribution in [-0.2, 0) is 12.8 Å². The Bertz CT molecular complexity index is 1040. The smallest absolute Gasteiger partial charge is 0.127 e. The van der Waals surface area contributed by atoms with E-state index in [1.165, 1.54) is 0 Å². The third-order valence-corrected chi connectivity index (χ3v) is 4.97. The van der Waals surface area contributed by atoms with E-state index in [2.05, 4.69) is 0 Å². The number of rotatable bonds is 4. The summed E-state index contributed by atoms with van der Waals surface area (Å²) in [7, 11) is 0. The summed E-state index contributed by atoms with van der Waals surface area (Å²) in [5, 5.41) is 41.4. The van der Waals surface area contributed by atoms with Crippen LogP contribution in [0.3, 0.4) is 0 Å². The molecule has 0 saturated carbocycles. The van der Waals surface area contributed by atoms with E-state index in [0.717, 1.165) is 22.3 Å². The number of hydrogen-bond acceptors (Lipinski definition) is 4. The molecule has 4 rings (SSSR count). The molecule has 0 bridgehead atoms. The van der Waals surface area contributed by atoms with E-state index in [9.17, 15) is 20.4 Å². The summed E-state index contributed by atoms with van der Waals surface area (Å²) >= 11 is 0. The summed E-state index contributed by atoms with van der Waals surface area (Å²) in [4.78, 5) is 0. The molecule has 0 saturated heterocycles. The SMILES string of the molecule is Oc1ccc(Cc2ccc3c(O)c(Cc4ccc(O)cc4)ccc3c2O)cc1. The second-order valence-electron chi connectivity index (χ2n) is 6.93. The zero-order valence-electron chi connectivity index (χ0n) is 15.1. The predicted molar refractivity (Wildman–Crippen MR) is 109 cm³/mol. The molecule has 0 unspecified atom stereocenters. The third kappa shape index (κ3) is 3.45. The van der Waals surface area contributed by atoms with Crippen molar-refractivity contribution >= 4 is 10.8 Å². The number of fused-ring (bicyclic) bond motifs is 1. The first-order valence-corrected chi connectivity index (χ1v) is 9.02. The minimum atomic E-state index is 0.150. The second kappa shape index (κ2) is 7.16. The zero-order chi connectivity index (χ0) is 19.7. The fraction of sp³-hybridized carbons (Fsp3) is 0.0833. The number of benzene rings is 4. The molecule has 0 aromatic heterocycles. The van der Waals surface area contributed by atoms with Crippen molar-refractivity contribution < 1.29 is 20.4 Å². The fourth-order valence-electron chi connectivity index (χ4n) is 3.42. The third-order valence-electron chi connectivity index (χ3n) is 4.97. The summed E-state index contributed by atoms with van der Waals surface area (Å²) in [5.74, 6) is 0.712. The first-order valence-electron chi connectivity index (χ1n) is 9.02. The van der Waals surface area contributed by atoms with Gasteiger partial charge in [-0.3, -0.25) is 0 Å². The van der Waals surface area contributed by atoms with Gasteiger partial charge in [-0.2, -0.15) is 0 Å². The Labute approximate surface area is 162 Å². The van der Waals surface area contributed by atoms with Crippen LogP contribution < -0.4 is 0 Å². The summed E-state index contributed by atoms with van der Waals surface area (Å²) in [6, 6.07) is 21.0. The highest BCUT2D eigenvalue weighted by Gasteiger charge is 2.13. The van der Waals surface area contributed by atoms with E-state index >= 15 is 0 Å². The van der Waals surface area contributed by atoms with Crippen LogP contribution >= 0.6 is 0 Å². The Morgan fingerprint density at radius 1 is 0.429 bits per heavy atom. The fourth-order valence-corrected chi connectivity index (χ4v) is 3.42. The lowest BCUT2D eigenvalue weighted by atomic mass is 9.95. The molecule has 4 aromatic rings. The van der Waals surface area contributed by atoms with Gasteiger partial charge in [0.1, 0.15) is 23.0 Å². The van der Waals surface area contributed by atoms with Crippen molar-refractivity contribution in [2.45, 2.75) is 12.8 Å². The van der Waals surface area contributed by atoms with Crippen LogP contribution in [0.4, 0.5) is 0 Å². The van der Waals surface area contributed by atoms with Gasteiger partial charge in [0, 0.05) is 23.6 Å². The van der Waals surface area contributed by atoms with E-state index in [1.54, 1.807) is 24.3 Å². The van der Waals surface area contributed by atoms with Gasteiger partial charge >= 0.3 is 0 Å². The van der Waals surface area contributed by atoms with Crippen molar-refractivity contribution in [2.75, 3.05) is 0 Å². The maximum atomic E-state index is 10.7. The van der Waals surface area contributed by atoms with Crippen LogP contribution in [0.15, 0.2) is 72.8 Å². The lowest BCUT2D eigenvalue weighted by molar-refractivity contribution is 0.469. The van der Waals surface area contributed by atoms with Crippen molar-refractivity contribution in [3.63, 3.8) is 0 Å². The van der Waals surface area contributed by atoms with Crippen LogP contribution in [0.25, 0.3) is 10.8 Å². The molecule has 0 aliphatic carbocycles. The lowest BCUT2D eigenvalue weighted by Gasteiger charge is -2.12. The monoisotopic (exact) mass is 372 g/mol. The van der Waals surface area contributed by atoms with Crippen LogP contribution in [0.1, 0.15) is 22.3 Å². The average Bonchev–Trinajstić information content (AvgIpc) is 2.69. The molecule has 0 radical (unpaired) electrons. The number of aromatic hydroxyl groups is 4. The van der Waals surface area contributed by atoms with E-state index in [0.29, 0.717) is 23.6 Å². The molecule has 0 amide bonds. The number of phenols is 4. The maximum absolute atomic E-state index is 10.7. The van der Waals surface area contributed by atoms with E-state index in [1.807, 2.05) is 48.5 Å². The molecule has 28 heavy (non-hydrogen) atoms. The summed E-state index contributed by atoms with van der Waals surface area (Å²) in [6.45, 7) is 0. The molecule has 4 aromatic carbocycles. The van der Waals surface area contributed by atoms with Crippen molar-refractivity contribution in [3.8, 4) is 23.0 Å². The quantitative estimate of drug-likeness (QED) is 0.413. The molecule has 140 valence electrons. The van der Waals surface area contributed by atoms with Crippen molar-refractivity contribution in [1.82, 2.24) is 0 Å². The largest absolute Gasteiger partial charge is 0.508 e. The Morgan fingerprint density at radius 3 is 1.14 bits per heavy atom. The molecule has 4 heteroatoms. The summed E-state index contributed by atoms with van der Waals surface area (Å²) < 4.78 is 0. The molecule has 0 fully saturated rings. The molecule has 0 heterocycles. The van der Waals surface area contributed by atoms with Crippen molar-refractivity contribution in [2.24, 2.45) is 0 Å². The molecular formula is C24H20O4. The van der Waals surface area contributed by atoms with Crippen molar-refractivity contribution in [3.05, 3.63) is 95.1 Å². The normalized spacial score (nSPS) is 11.0. The number of phenolic OH excluding ortho intramolecular Hbond substituents is 4. The summed E-state index contributed by atoms with van der Waals surface area (Å²) in [5.41, 5.74) is 3.45. The standard InChI is InChI=1S/C24H20O4/c25-19-7-1-15(2-8-19)13-17-5-11-22-21(23(17)27)12-6-18(24(22)28)14-16-3-9-20(26)10-4-16/h1-12,25-28H,13-14H2. The van der Waals surface area contributed by atoms with E-state index in [-0.39, 0.29) is 23.0 Å². The Balaban J connectivity index is 1.67. The molecular weight excluding hydrogens is 352 g/mol. The molecule has 0 aliphatic rings. The van der Waals surface area contributed by atoms with Gasteiger partial charge in [0.05, 0.1) is 0 Å². The van der Waals surface area contributed by atoms with E-state index in [4.69, 9.17) is 0 Å². The van der Waals surface area contributed by atoms with Gasteiger partial charge < -0.3 is 20.4 Å². The number of hydrogen-bond donors (Lipinski definition) is 4. The Kier molecular flexibility index (Phi) is 4.53. The van der Waals surface area contributed by atoms with Gasteiger partial charge in [0.25, 0.3) is 0 Å². The van der Waals surface area contributed by atoms with Crippen molar-refractivity contribution in [1.29, 1.82) is 0 Å². The Morgan fingerprint density at radius 2 is 0.786 bits per heavy atom. The van der Waals surface area contributed by atoms with Gasteiger partial charge in [0.2, 0.25) is 0 Å². The minimum absolute atomic E-state index is 0.150. The molecule has 4 N–H and O–H groups in total. The van der Waals surface area contributed by atoms with Crippen LogP contribution in [0.5, 0.6) is 23.0 Å². The first kappa shape index (κ1) is 17.7. The molecule has 0 spiro atoms. The minimum Gasteiger partial charge on any atom is -0.508 e. The van der Waals surface area contributed by atoms with Gasteiger partial charge in [0.15, 0.2) is 0 Å². The summed E-state index contributed by atoms with van der Waals surface area (Å²) in [6.07, 6.45) is 1.05. The Hall–Kier alpha value is -3.66. The zero-order valence-corrected chi connectivity index (χ0v) is 15.1. The average molecular weight is 372 g/mol. The first-order chi connectivity index (χ1) is 13.5. The van der Waals surface area contributed by atoms with Gasteiger partial charge in [-0.25, -0.2) is 0 Å². The highest BCUT2D eigenvalue weighted by molar-refractivity contribution is 5.94. The topological polar surface area (TPSA) is 80.9 Å². The predicted octanol–water partition coefficient (Wildman–Crippen LogP) is 4.84. The maximum Gasteiger partial charge on any atom is 0.127 e. The van der Waals surface area contributed by atoms with Gasteiger partial charge in [-0.15, -0.1) is 0 Å². The molecule has 0 aliphatic heterocycles. The van der Waals surface area contributed by atoms with Gasteiger partial charge in [-0.1, -0.05) is 48.5 Å². The molecule has 0 atom stereocenters. The highest BCUT2D eigenvalue weighted by Crippen LogP contribution is 2.37. The highest BCUT2D eigenvalue weighted by atomic mass is 16.3. The second-order valence-corrected chi connectivity index (χ2v) is 6.93. The van der Waals surface area contributed by atoms with Crippen LogP contribution in [-0.4, -0.2) is 20.4 Å². The van der Waals surface area contributed by atoms with Crippen LogP contribution in [0, 0.1) is 0 Å². The molecule has 4 nitrogen and oxygen atoms in total. The van der Waals surface area contributed by atoms with E-state index < -0.39 is 0 Å². The lowest BCUT2D eigenvalue weighted by Crippen LogP contribution is -1.93.